The van der Waals surface area contributed by atoms with Gasteiger partial charge in [0.05, 0.1) is 16.7 Å². The highest BCUT2D eigenvalue weighted by molar-refractivity contribution is 5.92. The molecule has 1 amide bonds. The third-order valence-electron chi connectivity index (χ3n) is 5.10. The van der Waals surface area contributed by atoms with Crippen molar-refractivity contribution in [1.29, 1.82) is 0 Å². The molecule has 0 spiro atoms. The SMILES string of the molecule is CCc1cc2ncc(CN3CC/C(=C/C(N)=C/C=C(\N)C(=O)NC)C3)cc2[nH]c1=O. The molecule has 0 unspecified atom stereocenters. The van der Waals surface area contributed by atoms with Crippen molar-refractivity contribution in [1.82, 2.24) is 20.2 Å². The zero-order valence-electron chi connectivity index (χ0n) is 17.4. The van der Waals surface area contributed by atoms with Crippen LogP contribution in [0.4, 0.5) is 0 Å². The van der Waals surface area contributed by atoms with Crippen molar-refractivity contribution < 1.29 is 4.79 Å². The molecule has 0 radical (unpaired) electrons. The number of fused-ring (bicyclic) bond motifs is 1. The number of rotatable bonds is 6. The maximum atomic E-state index is 12.1. The van der Waals surface area contributed by atoms with E-state index in [1.54, 1.807) is 6.08 Å². The first kappa shape index (κ1) is 21.3. The second-order valence-corrected chi connectivity index (χ2v) is 7.38. The number of likely N-dealkylation sites (tertiary alicyclic amines) is 1. The molecule has 3 heterocycles. The number of nitrogens with zero attached hydrogens (tertiary/aromatic N) is 2. The summed E-state index contributed by atoms with van der Waals surface area (Å²) in [6.45, 7) is 4.41. The van der Waals surface area contributed by atoms with E-state index in [-0.39, 0.29) is 17.2 Å². The number of aryl methyl sites for hydroxylation is 1. The maximum absolute atomic E-state index is 12.1. The van der Waals surface area contributed by atoms with Crippen molar-refractivity contribution in [3.05, 3.63) is 75.0 Å². The normalized spacial score (nSPS) is 17.1. The average Bonchev–Trinajstić information content (AvgIpc) is 3.17. The third kappa shape index (κ3) is 5.15. The van der Waals surface area contributed by atoms with Crippen LogP contribution in [0.25, 0.3) is 11.0 Å². The Kier molecular flexibility index (Phi) is 6.68. The fourth-order valence-corrected chi connectivity index (χ4v) is 3.46. The van der Waals surface area contributed by atoms with E-state index in [1.807, 2.05) is 31.3 Å². The lowest BCUT2D eigenvalue weighted by Gasteiger charge is -2.14. The maximum Gasteiger partial charge on any atom is 0.266 e. The third-order valence-corrected chi connectivity index (χ3v) is 5.10. The number of nitrogens with two attached hydrogens (primary N) is 2. The van der Waals surface area contributed by atoms with Crippen molar-refractivity contribution >= 4 is 16.9 Å². The first-order valence-electron chi connectivity index (χ1n) is 9.97. The number of amides is 1. The molecule has 0 aromatic carbocycles. The Balaban J connectivity index is 1.66. The van der Waals surface area contributed by atoms with E-state index in [4.69, 9.17) is 11.5 Å². The van der Waals surface area contributed by atoms with Crippen molar-refractivity contribution in [2.45, 2.75) is 26.3 Å². The Morgan fingerprint density at radius 3 is 2.87 bits per heavy atom. The Hall–Kier alpha value is -3.39. The van der Waals surface area contributed by atoms with Crippen LogP contribution in [0.2, 0.25) is 0 Å². The van der Waals surface area contributed by atoms with Gasteiger partial charge >= 0.3 is 0 Å². The van der Waals surface area contributed by atoms with Gasteiger partial charge in [-0.05, 0) is 48.8 Å². The number of hydrogen-bond acceptors (Lipinski definition) is 6. The van der Waals surface area contributed by atoms with Gasteiger partial charge in [-0.2, -0.15) is 0 Å². The van der Waals surface area contributed by atoms with E-state index in [0.29, 0.717) is 12.1 Å². The fraction of sp³-hybridized carbons (Fsp3) is 0.318. The number of likely N-dealkylation sites (N-methyl/N-ethyl adjacent to an activating group) is 1. The first-order chi connectivity index (χ1) is 14.4. The van der Waals surface area contributed by atoms with Crippen LogP contribution in [0.3, 0.4) is 0 Å². The predicted molar refractivity (Wildman–Crippen MR) is 118 cm³/mol. The quantitative estimate of drug-likeness (QED) is 0.417. The molecule has 0 atom stereocenters. The van der Waals surface area contributed by atoms with Crippen molar-refractivity contribution in [2.24, 2.45) is 11.5 Å². The minimum atomic E-state index is -0.338. The van der Waals surface area contributed by atoms with Gasteiger partial charge in [-0.15, -0.1) is 0 Å². The molecule has 1 aliphatic rings. The topological polar surface area (TPSA) is 130 Å². The number of nitrogens with one attached hydrogen (secondary N) is 2. The summed E-state index contributed by atoms with van der Waals surface area (Å²) >= 11 is 0. The van der Waals surface area contributed by atoms with Crippen LogP contribution in [-0.2, 0) is 17.8 Å². The Morgan fingerprint density at radius 2 is 2.13 bits per heavy atom. The van der Waals surface area contributed by atoms with Gasteiger partial charge in [0.2, 0.25) is 0 Å². The highest BCUT2D eigenvalue weighted by Gasteiger charge is 2.17. The molecular weight excluding hydrogens is 380 g/mol. The lowest BCUT2D eigenvalue weighted by molar-refractivity contribution is -0.117. The van der Waals surface area contributed by atoms with E-state index in [0.717, 1.165) is 48.2 Å². The number of aromatic nitrogens is 2. The summed E-state index contributed by atoms with van der Waals surface area (Å²) in [6.07, 6.45) is 8.53. The molecule has 0 aliphatic carbocycles. The number of carbonyl (C=O) groups is 1. The number of hydrogen-bond donors (Lipinski definition) is 4. The molecule has 1 aliphatic heterocycles. The summed E-state index contributed by atoms with van der Waals surface area (Å²) < 4.78 is 0. The fourth-order valence-electron chi connectivity index (χ4n) is 3.46. The van der Waals surface area contributed by atoms with Gasteiger partial charge in [0.1, 0.15) is 0 Å². The number of pyridine rings is 2. The van der Waals surface area contributed by atoms with Crippen molar-refractivity contribution in [3.8, 4) is 0 Å². The van der Waals surface area contributed by atoms with Crippen LogP contribution in [0.15, 0.2) is 58.3 Å². The summed E-state index contributed by atoms with van der Waals surface area (Å²) in [7, 11) is 1.52. The van der Waals surface area contributed by atoms with Crippen LogP contribution in [0, 0.1) is 0 Å². The molecule has 30 heavy (non-hydrogen) atoms. The number of H-pyrrole nitrogens is 1. The van der Waals surface area contributed by atoms with Gasteiger partial charge in [0, 0.05) is 44.1 Å². The van der Waals surface area contributed by atoms with Gasteiger partial charge in [-0.3, -0.25) is 19.5 Å². The lowest BCUT2D eigenvalue weighted by atomic mass is 10.1. The van der Waals surface area contributed by atoms with Gasteiger partial charge in [-0.25, -0.2) is 0 Å². The molecule has 0 saturated carbocycles. The van der Waals surface area contributed by atoms with Gasteiger partial charge < -0.3 is 21.8 Å². The molecule has 2 aromatic heterocycles. The van der Waals surface area contributed by atoms with Gasteiger partial charge in [0.25, 0.3) is 11.5 Å². The minimum absolute atomic E-state index is 0.0521. The van der Waals surface area contributed by atoms with E-state index in [9.17, 15) is 9.59 Å². The number of carbonyl (C=O) groups excluding carboxylic acids is 1. The second kappa shape index (κ2) is 9.41. The highest BCUT2D eigenvalue weighted by atomic mass is 16.2. The van der Waals surface area contributed by atoms with Crippen molar-refractivity contribution in [2.75, 3.05) is 20.1 Å². The average molecular weight is 409 g/mol. The van der Waals surface area contributed by atoms with Crippen LogP contribution in [0.1, 0.15) is 24.5 Å². The van der Waals surface area contributed by atoms with Crippen LogP contribution < -0.4 is 22.3 Å². The Labute approximate surface area is 175 Å². The molecule has 8 heteroatoms. The van der Waals surface area contributed by atoms with Crippen LogP contribution in [0.5, 0.6) is 0 Å². The molecule has 0 bridgehead atoms. The highest BCUT2D eigenvalue weighted by Crippen LogP contribution is 2.20. The van der Waals surface area contributed by atoms with Gasteiger partial charge in [0.15, 0.2) is 0 Å². The zero-order chi connectivity index (χ0) is 21.7. The van der Waals surface area contributed by atoms with Gasteiger partial charge in [-0.1, -0.05) is 12.5 Å². The summed E-state index contributed by atoms with van der Waals surface area (Å²) in [5.74, 6) is -0.338. The molecule has 1 fully saturated rings. The summed E-state index contributed by atoms with van der Waals surface area (Å²) in [5, 5.41) is 2.46. The largest absolute Gasteiger partial charge is 0.399 e. The molecule has 2 aromatic rings. The van der Waals surface area contributed by atoms with E-state index < -0.39 is 0 Å². The summed E-state index contributed by atoms with van der Waals surface area (Å²) in [6, 6.07) is 3.85. The Bertz CT molecular complexity index is 1100. The van der Waals surface area contributed by atoms with E-state index >= 15 is 0 Å². The molecule has 1 saturated heterocycles. The van der Waals surface area contributed by atoms with Crippen molar-refractivity contribution in [3.63, 3.8) is 0 Å². The number of aromatic amines is 1. The minimum Gasteiger partial charge on any atom is -0.399 e. The molecule has 8 nitrogen and oxygen atoms in total. The van der Waals surface area contributed by atoms with E-state index in [2.05, 4.69) is 20.2 Å². The molecule has 6 N–H and O–H groups in total. The first-order valence-corrected chi connectivity index (χ1v) is 9.97. The van der Waals surface area contributed by atoms with Crippen LogP contribution in [-0.4, -0.2) is 40.9 Å². The molecule has 3 rings (SSSR count). The number of allylic oxidation sites excluding steroid dienone is 3. The summed E-state index contributed by atoms with van der Waals surface area (Å²) in [4.78, 5) is 33.2. The second-order valence-electron chi connectivity index (χ2n) is 7.38. The van der Waals surface area contributed by atoms with Crippen LogP contribution >= 0.6 is 0 Å². The smallest absolute Gasteiger partial charge is 0.266 e. The van der Waals surface area contributed by atoms with E-state index in [1.165, 1.54) is 18.7 Å². The summed E-state index contributed by atoms with van der Waals surface area (Å²) in [5.41, 5.74) is 16.9. The zero-order valence-corrected chi connectivity index (χ0v) is 17.4. The predicted octanol–water partition coefficient (Wildman–Crippen LogP) is 1.05. The molecule has 158 valence electrons. The lowest BCUT2D eigenvalue weighted by Crippen LogP contribution is -2.24. The monoisotopic (exact) mass is 408 g/mol. The standard InChI is InChI=1S/C22H28N6O2/c1-3-16-10-19-20(27-21(16)29)9-15(11-26-19)13-28-7-6-14(12-28)8-17(23)4-5-18(24)22(30)25-2/h4-5,8-11H,3,6-7,12-13,23-24H2,1-2H3,(H,25,30)(H,27,29)/b14-8-,17-4-,18-5-. The molecular formula is C22H28N6O2. The Morgan fingerprint density at radius 1 is 1.33 bits per heavy atom.